The quantitative estimate of drug-likeness (QED) is 0.482. The van der Waals surface area contributed by atoms with Crippen LogP contribution in [-0.4, -0.2) is 38.7 Å². The molecule has 2 aromatic carbocycles. The molecule has 6 nitrogen and oxygen atoms in total. The molecule has 0 aliphatic carbocycles. The lowest BCUT2D eigenvalue weighted by Gasteiger charge is -2.13. The maximum atomic E-state index is 12.2. The average molecular weight is 406 g/mol. The van der Waals surface area contributed by atoms with Crippen molar-refractivity contribution in [3.8, 4) is 11.5 Å². The average Bonchev–Trinajstić information content (AvgIpc) is 2.71. The Morgan fingerprint density at radius 1 is 1.14 bits per heavy atom. The maximum Gasteiger partial charge on any atom is 0.338 e. The zero-order chi connectivity index (χ0) is 20.4. The number of benzene rings is 2. The molecule has 0 saturated heterocycles. The van der Waals surface area contributed by atoms with Gasteiger partial charge in [-0.05, 0) is 37.5 Å². The normalized spacial score (nSPS) is 10.2. The van der Waals surface area contributed by atoms with E-state index >= 15 is 0 Å². The lowest BCUT2D eigenvalue weighted by molar-refractivity contribution is -0.124. The van der Waals surface area contributed by atoms with E-state index in [4.69, 9.17) is 25.8 Å². The Bertz CT molecular complexity index is 795. The maximum absolute atomic E-state index is 12.2. The fourth-order valence-corrected chi connectivity index (χ4v) is 2.82. The van der Waals surface area contributed by atoms with Crippen molar-refractivity contribution in [1.29, 1.82) is 0 Å². The van der Waals surface area contributed by atoms with Crippen LogP contribution in [0.2, 0.25) is 5.02 Å². The SMILES string of the molecule is CCOc1c(Cl)cc(C(=O)OCC(=O)NCCCc2ccccc2)cc1OC. The molecule has 0 saturated carbocycles. The van der Waals surface area contributed by atoms with E-state index in [9.17, 15) is 9.59 Å². The molecule has 2 aromatic rings. The topological polar surface area (TPSA) is 73.9 Å². The second kappa shape index (κ2) is 11.2. The number of nitrogens with one attached hydrogen (secondary N) is 1. The van der Waals surface area contributed by atoms with Crippen molar-refractivity contribution in [2.24, 2.45) is 0 Å². The molecule has 28 heavy (non-hydrogen) atoms. The van der Waals surface area contributed by atoms with Crippen LogP contribution in [0.25, 0.3) is 0 Å². The van der Waals surface area contributed by atoms with Crippen LogP contribution in [0, 0.1) is 0 Å². The van der Waals surface area contributed by atoms with Crippen molar-refractivity contribution in [2.75, 3.05) is 26.9 Å². The second-order valence-electron chi connectivity index (χ2n) is 5.94. The van der Waals surface area contributed by atoms with Crippen LogP contribution in [0.4, 0.5) is 0 Å². The number of amides is 1. The Hall–Kier alpha value is -2.73. The van der Waals surface area contributed by atoms with E-state index in [0.29, 0.717) is 24.7 Å². The van der Waals surface area contributed by atoms with Gasteiger partial charge in [0, 0.05) is 6.54 Å². The van der Waals surface area contributed by atoms with Gasteiger partial charge in [0.2, 0.25) is 0 Å². The molecule has 1 N–H and O–H groups in total. The minimum atomic E-state index is -0.664. The van der Waals surface area contributed by atoms with Crippen molar-refractivity contribution in [2.45, 2.75) is 19.8 Å². The van der Waals surface area contributed by atoms with Crippen LogP contribution < -0.4 is 14.8 Å². The Labute approximate surface area is 169 Å². The predicted molar refractivity (Wildman–Crippen MR) is 107 cm³/mol. The Morgan fingerprint density at radius 3 is 2.57 bits per heavy atom. The lowest BCUT2D eigenvalue weighted by Crippen LogP contribution is -2.29. The fraction of sp³-hybridized carbons (Fsp3) is 0.333. The molecule has 7 heteroatoms. The van der Waals surface area contributed by atoms with Crippen molar-refractivity contribution in [1.82, 2.24) is 5.32 Å². The molecule has 0 atom stereocenters. The number of rotatable bonds is 10. The van der Waals surface area contributed by atoms with E-state index in [2.05, 4.69) is 5.32 Å². The number of hydrogen-bond donors (Lipinski definition) is 1. The first-order valence-electron chi connectivity index (χ1n) is 9.03. The number of halogens is 1. The highest BCUT2D eigenvalue weighted by Gasteiger charge is 2.17. The first-order chi connectivity index (χ1) is 13.5. The minimum Gasteiger partial charge on any atom is -0.493 e. The van der Waals surface area contributed by atoms with Gasteiger partial charge in [0.15, 0.2) is 18.1 Å². The molecular formula is C21H24ClNO5. The smallest absolute Gasteiger partial charge is 0.338 e. The summed E-state index contributed by atoms with van der Waals surface area (Å²) in [5.41, 5.74) is 1.40. The van der Waals surface area contributed by atoms with Crippen LogP contribution >= 0.6 is 11.6 Å². The molecule has 0 fully saturated rings. The molecular weight excluding hydrogens is 382 g/mol. The second-order valence-corrected chi connectivity index (χ2v) is 6.34. The molecule has 0 aliphatic rings. The van der Waals surface area contributed by atoms with E-state index in [0.717, 1.165) is 12.8 Å². The van der Waals surface area contributed by atoms with E-state index in [1.54, 1.807) is 0 Å². The van der Waals surface area contributed by atoms with Crippen molar-refractivity contribution >= 4 is 23.5 Å². The molecule has 0 unspecified atom stereocenters. The molecule has 0 aliphatic heterocycles. The van der Waals surface area contributed by atoms with Crippen LogP contribution in [0.5, 0.6) is 11.5 Å². The monoisotopic (exact) mass is 405 g/mol. The molecule has 2 rings (SSSR count). The minimum absolute atomic E-state index is 0.183. The molecule has 0 spiro atoms. The van der Waals surface area contributed by atoms with Crippen molar-refractivity contribution < 1.29 is 23.8 Å². The third kappa shape index (κ3) is 6.46. The van der Waals surface area contributed by atoms with E-state index < -0.39 is 5.97 Å². The van der Waals surface area contributed by atoms with E-state index in [1.807, 2.05) is 37.3 Å². The molecule has 150 valence electrons. The van der Waals surface area contributed by atoms with Gasteiger partial charge in [-0.2, -0.15) is 0 Å². The van der Waals surface area contributed by atoms with Gasteiger partial charge in [-0.25, -0.2) is 4.79 Å². The largest absolute Gasteiger partial charge is 0.493 e. The number of methoxy groups -OCH3 is 1. The standard InChI is InChI=1S/C21H24ClNO5/c1-3-27-20-17(22)12-16(13-18(20)26-2)21(25)28-14-19(24)23-11-7-10-15-8-5-4-6-9-15/h4-6,8-9,12-13H,3,7,10-11,14H2,1-2H3,(H,23,24). The summed E-state index contributed by atoms with van der Waals surface area (Å²) in [5.74, 6) is -0.334. The third-order valence-electron chi connectivity index (χ3n) is 3.90. The van der Waals surface area contributed by atoms with Gasteiger partial charge in [-0.1, -0.05) is 41.9 Å². The highest BCUT2D eigenvalue weighted by Crippen LogP contribution is 2.36. The van der Waals surface area contributed by atoms with Crippen LogP contribution in [0.15, 0.2) is 42.5 Å². The van der Waals surface area contributed by atoms with Crippen LogP contribution in [-0.2, 0) is 16.0 Å². The number of carbonyl (C=O) groups excluding carboxylic acids is 2. The highest BCUT2D eigenvalue weighted by molar-refractivity contribution is 6.32. The van der Waals surface area contributed by atoms with Crippen LogP contribution in [0.3, 0.4) is 0 Å². The Morgan fingerprint density at radius 2 is 1.89 bits per heavy atom. The molecule has 0 aromatic heterocycles. The van der Waals surface area contributed by atoms with Crippen LogP contribution in [0.1, 0.15) is 29.3 Å². The molecule has 0 heterocycles. The van der Waals surface area contributed by atoms with Gasteiger partial charge in [0.25, 0.3) is 5.91 Å². The summed E-state index contributed by atoms with van der Waals surface area (Å²) in [6, 6.07) is 12.9. The zero-order valence-corrected chi connectivity index (χ0v) is 16.8. The fourth-order valence-electron chi connectivity index (χ4n) is 2.55. The summed E-state index contributed by atoms with van der Waals surface area (Å²) >= 11 is 6.14. The lowest BCUT2D eigenvalue weighted by atomic mass is 10.1. The van der Waals surface area contributed by atoms with Gasteiger partial charge in [0.05, 0.1) is 24.3 Å². The molecule has 1 amide bonds. The van der Waals surface area contributed by atoms with Gasteiger partial charge < -0.3 is 19.5 Å². The first kappa shape index (κ1) is 21.6. The van der Waals surface area contributed by atoms with Crippen molar-refractivity contribution in [3.63, 3.8) is 0 Å². The van der Waals surface area contributed by atoms with Gasteiger partial charge in [0.1, 0.15) is 0 Å². The van der Waals surface area contributed by atoms with E-state index in [-0.39, 0.29) is 23.1 Å². The summed E-state index contributed by atoms with van der Waals surface area (Å²) in [5, 5.41) is 2.97. The number of hydrogen-bond acceptors (Lipinski definition) is 5. The zero-order valence-electron chi connectivity index (χ0n) is 16.0. The number of ether oxygens (including phenoxy) is 3. The van der Waals surface area contributed by atoms with E-state index in [1.165, 1.54) is 24.8 Å². The Balaban J connectivity index is 1.79. The highest BCUT2D eigenvalue weighted by atomic mass is 35.5. The molecule has 0 bridgehead atoms. The summed E-state index contributed by atoms with van der Waals surface area (Å²) in [6.45, 7) is 2.37. The predicted octanol–water partition coefficient (Wildman–Crippen LogP) is 3.65. The summed E-state index contributed by atoms with van der Waals surface area (Å²) < 4.78 is 15.7. The van der Waals surface area contributed by atoms with Crippen molar-refractivity contribution in [3.05, 3.63) is 58.6 Å². The number of esters is 1. The summed E-state index contributed by atoms with van der Waals surface area (Å²) in [7, 11) is 1.45. The molecule has 0 radical (unpaired) electrons. The summed E-state index contributed by atoms with van der Waals surface area (Å²) in [6.07, 6.45) is 1.67. The van der Waals surface area contributed by atoms with Gasteiger partial charge in [-0.3, -0.25) is 4.79 Å². The van der Waals surface area contributed by atoms with Gasteiger partial charge in [-0.15, -0.1) is 0 Å². The third-order valence-corrected chi connectivity index (χ3v) is 4.18. The van der Waals surface area contributed by atoms with Gasteiger partial charge >= 0.3 is 5.97 Å². The number of aryl methyl sites for hydroxylation is 1. The first-order valence-corrected chi connectivity index (χ1v) is 9.41. The Kier molecular flexibility index (Phi) is 8.62. The number of carbonyl (C=O) groups is 2. The summed E-state index contributed by atoms with van der Waals surface area (Å²) in [4.78, 5) is 24.1.